The van der Waals surface area contributed by atoms with Crippen molar-refractivity contribution in [3.63, 3.8) is 0 Å². The van der Waals surface area contributed by atoms with Gasteiger partial charge >= 0.3 is 33.2 Å². The predicted octanol–water partition coefficient (Wildman–Crippen LogP) is -2.89. The first-order valence-corrected chi connectivity index (χ1v) is 8.49. The van der Waals surface area contributed by atoms with Crippen molar-refractivity contribution in [2.45, 2.75) is 35.4 Å². The zero-order valence-corrected chi connectivity index (χ0v) is 11.7. The molecule has 6 unspecified atom stereocenters. The first-order chi connectivity index (χ1) is 9.87. The van der Waals surface area contributed by atoms with Gasteiger partial charge in [-0.1, -0.05) is 0 Å². The van der Waals surface area contributed by atoms with Crippen LogP contribution < -0.4 is 0 Å². The van der Waals surface area contributed by atoms with E-state index in [1.54, 1.807) is 0 Å². The van der Waals surface area contributed by atoms with Crippen molar-refractivity contribution in [1.82, 2.24) is 0 Å². The van der Waals surface area contributed by atoms with Gasteiger partial charge in [0.25, 0.3) is 11.6 Å². The number of phosphoric acid groups is 2. The zero-order valence-electron chi connectivity index (χ0n) is 9.88. The molecule has 0 amide bonds. The Balaban J connectivity index is 1.82. The average Bonchev–Trinajstić information content (AvgIpc) is 2.75. The fourth-order valence-corrected chi connectivity index (χ4v) is 6.07. The average molecular weight is 364 g/mol. The number of hydrogen-bond donors (Lipinski definition) is 5. The molecule has 4 bridgehead atoms. The van der Waals surface area contributed by atoms with Crippen LogP contribution in [0.25, 0.3) is 0 Å². The van der Waals surface area contributed by atoms with Crippen LogP contribution in [-0.2, 0) is 41.0 Å². The highest BCUT2D eigenvalue weighted by Crippen LogP contribution is 2.86. The lowest BCUT2D eigenvalue weighted by Crippen LogP contribution is -2.88. The summed E-state index contributed by atoms with van der Waals surface area (Å²) in [7, 11) is -9.28. The van der Waals surface area contributed by atoms with Crippen molar-refractivity contribution in [1.29, 1.82) is 0 Å². The van der Waals surface area contributed by atoms with Crippen molar-refractivity contribution in [2.24, 2.45) is 0 Å². The van der Waals surface area contributed by atoms with Crippen LogP contribution in [0, 0.1) is 0 Å². The van der Waals surface area contributed by atoms with Crippen LogP contribution in [0.2, 0.25) is 0 Å². The van der Waals surface area contributed by atoms with E-state index in [4.69, 9.17) is 4.74 Å². The number of aliphatic hydroxyl groups excluding tert-OH is 1. The Labute approximate surface area is 118 Å². The summed E-state index contributed by atoms with van der Waals surface area (Å²) in [6.45, 7) is 0. The fraction of sp³-hybridized carbons (Fsp3) is 1.00. The van der Waals surface area contributed by atoms with Gasteiger partial charge in [0.05, 0.1) is 0 Å². The zero-order chi connectivity index (χ0) is 16.0. The van der Waals surface area contributed by atoms with E-state index in [-0.39, 0.29) is 0 Å². The molecule has 14 nitrogen and oxygen atoms in total. The summed E-state index contributed by atoms with van der Waals surface area (Å²) < 4.78 is 55.3. The normalized spacial score (nSPS) is 74.5. The third kappa shape index (κ3) is 1.05. The van der Waals surface area contributed by atoms with E-state index in [0.29, 0.717) is 0 Å². The van der Waals surface area contributed by atoms with Gasteiger partial charge < -0.3 is 25.5 Å². The molecule has 6 rings (SSSR count). The molecule has 0 aromatic carbocycles. The van der Waals surface area contributed by atoms with E-state index in [0.717, 1.165) is 0 Å². The molecule has 0 aliphatic carbocycles. The monoisotopic (exact) mass is 364 g/mol. The van der Waals surface area contributed by atoms with Crippen LogP contribution >= 0.6 is 15.6 Å². The van der Waals surface area contributed by atoms with Gasteiger partial charge in [0.2, 0.25) is 6.29 Å². The van der Waals surface area contributed by atoms with Crippen molar-refractivity contribution < 1.29 is 66.5 Å². The molecule has 6 atom stereocenters. The number of hydrogen-bond acceptors (Lipinski definition) is 14. The van der Waals surface area contributed by atoms with E-state index >= 15 is 0 Å². The Bertz CT molecular complexity index is 712. The van der Waals surface area contributed by atoms with Gasteiger partial charge in [0.15, 0.2) is 0 Å². The standard InChI is InChI=1S/C6H6O14P2/c7-1-2(8)3(9)4(10,17-21(12,14-1)16-3)5(11)6(15-2)19-22(13,18-5)20-6/h1,7-11H. The summed E-state index contributed by atoms with van der Waals surface area (Å²) in [5.41, 5.74) is 0. The van der Waals surface area contributed by atoms with Gasteiger partial charge in [-0.15, -0.1) is 0 Å². The predicted molar refractivity (Wildman–Crippen MR) is 51.3 cm³/mol. The summed E-state index contributed by atoms with van der Waals surface area (Å²) >= 11 is 0. The highest BCUT2D eigenvalue weighted by Gasteiger charge is 3.02. The molecule has 0 saturated carbocycles. The maximum atomic E-state index is 12.0. The lowest BCUT2D eigenvalue weighted by atomic mass is 9.84. The molecule has 16 heteroatoms. The lowest BCUT2D eigenvalue weighted by molar-refractivity contribution is -0.608. The van der Waals surface area contributed by atoms with E-state index in [9.17, 15) is 34.7 Å². The Morgan fingerprint density at radius 3 is 1.95 bits per heavy atom. The van der Waals surface area contributed by atoms with E-state index in [1.165, 1.54) is 0 Å². The minimum atomic E-state index is -4.88. The second kappa shape index (κ2) is 3.10. The molecular formula is C6H6O14P2. The van der Waals surface area contributed by atoms with Gasteiger partial charge in [-0.2, -0.15) is 0 Å². The van der Waals surface area contributed by atoms with E-state index < -0.39 is 51.1 Å². The van der Waals surface area contributed by atoms with Crippen LogP contribution in [0.1, 0.15) is 0 Å². The number of ether oxygens (including phenoxy) is 1. The Hall–Kier alpha value is -0.0200. The van der Waals surface area contributed by atoms with E-state index in [2.05, 4.69) is 27.1 Å². The summed E-state index contributed by atoms with van der Waals surface area (Å²) in [5, 5.41) is 51.2. The fourth-order valence-electron chi connectivity index (χ4n) is 2.85. The molecule has 22 heavy (non-hydrogen) atoms. The van der Waals surface area contributed by atoms with Crippen LogP contribution in [-0.4, -0.2) is 60.9 Å². The Morgan fingerprint density at radius 2 is 1.32 bits per heavy atom. The van der Waals surface area contributed by atoms with Crippen molar-refractivity contribution in [3.05, 3.63) is 0 Å². The largest absolute Gasteiger partial charge is 0.486 e. The Kier molecular flexibility index (Phi) is 2.02. The van der Waals surface area contributed by atoms with Crippen molar-refractivity contribution >= 4 is 15.6 Å². The number of fused-ring (bicyclic) bond motifs is 1. The van der Waals surface area contributed by atoms with Crippen molar-refractivity contribution in [2.75, 3.05) is 0 Å². The molecule has 6 fully saturated rings. The maximum absolute atomic E-state index is 12.0. The van der Waals surface area contributed by atoms with Gasteiger partial charge in [-0.25, -0.2) is 31.7 Å². The molecular weight excluding hydrogens is 358 g/mol. The van der Waals surface area contributed by atoms with E-state index in [1.807, 2.05) is 0 Å². The molecule has 6 saturated heterocycles. The van der Waals surface area contributed by atoms with Crippen LogP contribution in [0.3, 0.4) is 0 Å². The van der Waals surface area contributed by atoms with Crippen molar-refractivity contribution in [3.8, 4) is 0 Å². The third-order valence-corrected chi connectivity index (χ3v) is 6.72. The van der Waals surface area contributed by atoms with Gasteiger partial charge in [0, 0.05) is 0 Å². The smallest absolute Gasteiger partial charge is 0.363 e. The molecule has 0 aromatic heterocycles. The van der Waals surface area contributed by atoms with Gasteiger partial charge in [-0.3, -0.25) is 9.26 Å². The maximum Gasteiger partial charge on any atom is 0.486 e. The summed E-state index contributed by atoms with van der Waals surface area (Å²) in [6.07, 6.45) is -2.60. The quantitative estimate of drug-likeness (QED) is 0.274. The van der Waals surface area contributed by atoms with Gasteiger partial charge in [-0.05, 0) is 0 Å². The molecule has 6 aliphatic heterocycles. The van der Waals surface area contributed by atoms with Gasteiger partial charge in [0.1, 0.15) is 0 Å². The van der Waals surface area contributed by atoms with Crippen LogP contribution in [0.15, 0.2) is 0 Å². The molecule has 1 spiro atoms. The minimum absolute atomic E-state index is 2.60. The topological polar surface area (TPSA) is 200 Å². The first kappa shape index (κ1) is 14.3. The highest BCUT2D eigenvalue weighted by atomic mass is 31.2. The summed E-state index contributed by atoms with van der Waals surface area (Å²) in [5.74, 6) is -17.0. The third-order valence-electron chi connectivity index (χ3n) is 3.87. The number of phosphoric ester groups is 2. The molecule has 0 radical (unpaired) electrons. The first-order valence-electron chi connectivity index (χ1n) is 5.57. The molecule has 6 aliphatic rings. The Morgan fingerprint density at radius 1 is 0.773 bits per heavy atom. The summed E-state index contributed by atoms with van der Waals surface area (Å²) in [6, 6.07) is 0. The second-order valence-electron chi connectivity index (χ2n) is 5.10. The second-order valence-corrected chi connectivity index (χ2v) is 8.01. The van der Waals surface area contributed by atoms with Crippen LogP contribution in [0.4, 0.5) is 0 Å². The minimum Gasteiger partial charge on any atom is -0.363 e. The molecule has 5 N–H and O–H groups in total. The molecule has 124 valence electrons. The number of aliphatic hydroxyl groups is 5. The summed E-state index contributed by atoms with van der Waals surface area (Å²) in [4.78, 5) is 0. The van der Waals surface area contributed by atoms with Crippen LogP contribution in [0.5, 0.6) is 0 Å². The highest BCUT2D eigenvalue weighted by molar-refractivity contribution is 7.50. The lowest BCUT2D eigenvalue weighted by Gasteiger charge is -2.56. The number of rotatable bonds is 0. The SMILES string of the molecule is O=P12OC3(OC4(O)C(O)OP5(=O)OC4(O)C(O)(O5)C3(O)O1)O2. The molecule has 6 heterocycles. The molecule has 0 aromatic rings.